The molecule has 0 aliphatic carbocycles. The maximum absolute atomic E-state index is 12.9. The van der Waals surface area contributed by atoms with Crippen molar-refractivity contribution >= 4 is 17.3 Å². The average Bonchev–Trinajstić information content (AvgIpc) is 2.65. The van der Waals surface area contributed by atoms with Gasteiger partial charge in [-0.15, -0.1) is 11.3 Å². The van der Waals surface area contributed by atoms with E-state index in [0.29, 0.717) is 10.4 Å². The van der Waals surface area contributed by atoms with Crippen molar-refractivity contribution in [3.8, 4) is 10.4 Å². The molecule has 0 amide bonds. The smallest absolute Gasteiger partial charge is 0.356 e. The fourth-order valence-corrected chi connectivity index (χ4v) is 1.90. The molecule has 0 fully saturated rings. The fourth-order valence-electron chi connectivity index (χ4n) is 1.14. The maximum Gasteiger partial charge on any atom is 0.356 e. The van der Waals surface area contributed by atoms with Gasteiger partial charge in [-0.3, -0.25) is 4.98 Å². The summed E-state index contributed by atoms with van der Waals surface area (Å²) in [7, 11) is 0. The first kappa shape index (κ1) is 9.72. The lowest BCUT2D eigenvalue weighted by atomic mass is 10.2. The van der Waals surface area contributed by atoms with Gasteiger partial charge in [0.05, 0.1) is 16.6 Å². The van der Waals surface area contributed by atoms with E-state index in [1.54, 1.807) is 0 Å². The lowest BCUT2D eigenvalue weighted by molar-refractivity contribution is 0.0692. The van der Waals surface area contributed by atoms with E-state index in [1.165, 1.54) is 17.8 Å². The normalized spacial score (nSPS) is 10.2. The van der Waals surface area contributed by atoms with E-state index in [4.69, 9.17) is 5.11 Å². The van der Waals surface area contributed by atoms with Crippen molar-refractivity contribution < 1.29 is 14.3 Å². The number of carboxylic acid groups (broad SMARTS) is 1. The largest absolute Gasteiger partial charge is 0.476 e. The molecule has 2 heterocycles. The van der Waals surface area contributed by atoms with Crippen molar-refractivity contribution in [3.05, 3.63) is 35.5 Å². The molecular weight excluding hydrogens is 219 g/mol. The Morgan fingerprint density at radius 1 is 1.47 bits per heavy atom. The predicted molar refractivity (Wildman–Crippen MR) is 52.3 cm³/mol. The van der Waals surface area contributed by atoms with Crippen LogP contribution in [0.1, 0.15) is 10.5 Å². The lowest BCUT2D eigenvalue weighted by Gasteiger charge is -1.97. The first-order chi connectivity index (χ1) is 7.18. The van der Waals surface area contributed by atoms with Crippen molar-refractivity contribution in [1.29, 1.82) is 0 Å². The van der Waals surface area contributed by atoms with Crippen LogP contribution in [-0.4, -0.2) is 21.0 Å². The van der Waals surface area contributed by atoms with Crippen LogP contribution in [0.25, 0.3) is 10.4 Å². The highest BCUT2D eigenvalue weighted by Gasteiger charge is 2.15. The van der Waals surface area contributed by atoms with Crippen molar-refractivity contribution in [2.24, 2.45) is 0 Å². The van der Waals surface area contributed by atoms with E-state index < -0.39 is 11.8 Å². The third-order valence-corrected chi connectivity index (χ3v) is 2.61. The first-order valence-corrected chi connectivity index (χ1v) is 4.84. The predicted octanol–water partition coefficient (Wildman–Crippen LogP) is 2.04. The molecule has 0 aliphatic heterocycles. The number of carbonyl (C=O) groups is 1. The number of rotatable bonds is 2. The van der Waals surface area contributed by atoms with E-state index in [1.807, 2.05) is 0 Å². The van der Waals surface area contributed by atoms with Gasteiger partial charge in [0.2, 0.25) is 0 Å². The highest BCUT2D eigenvalue weighted by atomic mass is 32.1. The zero-order chi connectivity index (χ0) is 10.8. The van der Waals surface area contributed by atoms with Crippen LogP contribution in [0.5, 0.6) is 0 Å². The minimum Gasteiger partial charge on any atom is -0.476 e. The Morgan fingerprint density at radius 2 is 2.27 bits per heavy atom. The zero-order valence-corrected chi connectivity index (χ0v) is 8.16. The molecule has 0 aliphatic rings. The van der Waals surface area contributed by atoms with Crippen molar-refractivity contribution in [2.75, 3.05) is 0 Å². The van der Waals surface area contributed by atoms with Gasteiger partial charge >= 0.3 is 5.97 Å². The highest BCUT2D eigenvalue weighted by Crippen LogP contribution is 2.27. The molecule has 1 N–H and O–H groups in total. The Kier molecular flexibility index (Phi) is 2.42. The van der Waals surface area contributed by atoms with Gasteiger partial charge < -0.3 is 5.11 Å². The number of hydrogen-bond donors (Lipinski definition) is 1. The topological polar surface area (TPSA) is 63.1 Å². The SMILES string of the molecule is O=C(O)c1ncsc1-c1cncc(F)c1. The summed E-state index contributed by atoms with van der Waals surface area (Å²) >= 11 is 1.14. The molecule has 2 aromatic rings. The Labute approximate surface area is 88.1 Å². The molecule has 2 aromatic heterocycles. The van der Waals surface area contributed by atoms with Crippen LogP contribution in [0.3, 0.4) is 0 Å². The molecule has 0 aromatic carbocycles. The number of thiazole rings is 1. The number of aromatic carboxylic acids is 1. The second-order valence-electron chi connectivity index (χ2n) is 2.73. The van der Waals surface area contributed by atoms with Gasteiger partial charge in [0.25, 0.3) is 0 Å². The minimum absolute atomic E-state index is 0.0765. The highest BCUT2D eigenvalue weighted by molar-refractivity contribution is 7.13. The van der Waals surface area contributed by atoms with Gasteiger partial charge in [0, 0.05) is 11.8 Å². The maximum atomic E-state index is 12.9. The standard InChI is InChI=1S/C9H5FN2O2S/c10-6-1-5(2-11-3-6)8-7(9(13)14)12-4-15-8/h1-4H,(H,13,14). The third-order valence-electron chi connectivity index (χ3n) is 1.74. The molecule has 0 radical (unpaired) electrons. The van der Waals surface area contributed by atoms with Gasteiger partial charge in [-0.1, -0.05) is 0 Å². The Hall–Kier alpha value is -1.82. The third kappa shape index (κ3) is 1.84. The number of nitrogens with zero attached hydrogens (tertiary/aromatic N) is 2. The van der Waals surface area contributed by atoms with Gasteiger partial charge in [0.15, 0.2) is 5.69 Å². The molecule has 76 valence electrons. The summed E-state index contributed by atoms with van der Waals surface area (Å²) in [5.74, 6) is -1.63. The van der Waals surface area contributed by atoms with Crippen LogP contribution in [0.4, 0.5) is 4.39 Å². The number of halogens is 1. The number of hydrogen-bond acceptors (Lipinski definition) is 4. The van der Waals surface area contributed by atoms with E-state index in [-0.39, 0.29) is 5.69 Å². The van der Waals surface area contributed by atoms with E-state index in [2.05, 4.69) is 9.97 Å². The van der Waals surface area contributed by atoms with Crippen LogP contribution < -0.4 is 0 Å². The second kappa shape index (κ2) is 3.74. The van der Waals surface area contributed by atoms with E-state index in [0.717, 1.165) is 17.5 Å². The van der Waals surface area contributed by atoms with Crippen LogP contribution in [0, 0.1) is 5.82 Å². The molecule has 4 nitrogen and oxygen atoms in total. The van der Waals surface area contributed by atoms with E-state index in [9.17, 15) is 9.18 Å². The molecule has 0 bridgehead atoms. The van der Waals surface area contributed by atoms with Crippen LogP contribution >= 0.6 is 11.3 Å². The van der Waals surface area contributed by atoms with Crippen LogP contribution in [0.15, 0.2) is 24.0 Å². The van der Waals surface area contributed by atoms with Crippen LogP contribution in [0.2, 0.25) is 0 Å². The summed E-state index contributed by atoms with van der Waals surface area (Å²) in [4.78, 5) is 18.5. The van der Waals surface area contributed by atoms with Crippen molar-refractivity contribution in [3.63, 3.8) is 0 Å². The first-order valence-electron chi connectivity index (χ1n) is 3.96. The summed E-state index contributed by atoms with van der Waals surface area (Å²) in [6.45, 7) is 0. The Bertz CT molecular complexity index is 512. The Balaban J connectivity index is 2.54. The summed E-state index contributed by atoms with van der Waals surface area (Å²) in [6, 6.07) is 1.23. The average molecular weight is 224 g/mol. The number of pyridine rings is 1. The van der Waals surface area contributed by atoms with E-state index >= 15 is 0 Å². The molecule has 6 heteroatoms. The lowest BCUT2D eigenvalue weighted by Crippen LogP contribution is -1.98. The number of aromatic nitrogens is 2. The van der Waals surface area contributed by atoms with Gasteiger partial charge in [-0.05, 0) is 6.07 Å². The molecule has 0 atom stereocenters. The molecule has 0 saturated heterocycles. The molecule has 0 saturated carbocycles. The van der Waals surface area contributed by atoms with Crippen molar-refractivity contribution in [2.45, 2.75) is 0 Å². The minimum atomic E-state index is -1.13. The monoisotopic (exact) mass is 224 g/mol. The summed E-state index contributed by atoms with van der Waals surface area (Å²) in [6.07, 6.45) is 2.47. The van der Waals surface area contributed by atoms with Gasteiger partial charge in [0.1, 0.15) is 5.82 Å². The quantitative estimate of drug-likeness (QED) is 0.847. The molecule has 0 spiro atoms. The van der Waals surface area contributed by atoms with Gasteiger partial charge in [-0.2, -0.15) is 0 Å². The summed E-state index contributed by atoms with van der Waals surface area (Å²) < 4.78 is 12.9. The van der Waals surface area contributed by atoms with Crippen molar-refractivity contribution in [1.82, 2.24) is 9.97 Å². The zero-order valence-electron chi connectivity index (χ0n) is 7.35. The summed E-state index contributed by atoms with van der Waals surface area (Å²) in [5, 5.41) is 8.82. The summed E-state index contributed by atoms with van der Waals surface area (Å²) in [5.41, 5.74) is 1.76. The second-order valence-corrected chi connectivity index (χ2v) is 3.58. The fraction of sp³-hybridized carbons (Fsp3) is 0. The Morgan fingerprint density at radius 3 is 2.93 bits per heavy atom. The van der Waals surface area contributed by atoms with Gasteiger partial charge in [-0.25, -0.2) is 14.2 Å². The van der Waals surface area contributed by atoms with Crippen LogP contribution in [-0.2, 0) is 0 Å². The number of carboxylic acids is 1. The molecule has 2 rings (SSSR count). The molecule has 15 heavy (non-hydrogen) atoms. The molecule has 0 unspecified atom stereocenters. The molecular formula is C9H5FN2O2S.